The van der Waals surface area contributed by atoms with Crippen LogP contribution in [0.15, 0.2) is 35.1 Å². The average Bonchev–Trinajstić information content (AvgIpc) is 2.52. The molecule has 1 heterocycles. The lowest BCUT2D eigenvalue weighted by molar-refractivity contribution is -0.131. The molecule has 0 aliphatic heterocycles. The number of ether oxygens (including phenoxy) is 2. The quantitative estimate of drug-likeness (QED) is 0.762. The molecule has 0 atom stereocenters. The number of hydrogen-bond donors (Lipinski definition) is 2. The second-order valence-electron chi connectivity index (χ2n) is 4.64. The van der Waals surface area contributed by atoms with E-state index < -0.39 is 6.29 Å². The highest BCUT2D eigenvalue weighted by atomic mass is 16.7. The molecule has 0 aliphatic carbocycles. The number of benzene rings is 1. The SMILES string of the molecule is CCOC(CNC(=O)c1cc(=O)c2ccccc2[nH]1)OCC. The summed E-state index contributed by atoms with van der Waals surface area (Å²) in [6.45, 7) is 4.92. The Hall–Kier alpha value is -2.18. The highest BCUT2D eigenvalue weighted by Crippen LogP contribution is 2.07. The van der Waals surface area contributed by atoms with Gasteiger partial charge in [0, 0.05) is 30.2 Å². The van der Waals surface area contributed by atoms with E-state index in [1.54, 1.807) is 24.3 Å². The molecule has 2 rings (SSSR count). The van der Waals surface area contributed by atoms with Crippen LogP contribution in [0.4, 0.5) is 0 Å². The van der Waals surface area contributed by atoms with Gasteiger partial charge in [0.25, 0.3) is 5.91 Å². The van der Waals surface area contributed by atoms with Gasteiger partial charge < -0.3 is 19.8 Å². The van der Waals surface area contributed by atoms with E-state index in [1.807, 2.05) is 13.8 Å². The lowest BCUT2D eigenvalue weighted by Crippen LogP contribution is -2.36. The minimum Gasteiger partial charge on any atom is -0.351 e. The fourth-order valence-electron chi connectivity index (χ4n) is 2.13. The Bertz CT molecular complexity index is 690. The summed E-state index contributed by atoms with van der Waals surface area (Å²) in [6.07, 6.45) is -0.494. The van der Waals surface area contributed by atoms with Gasteiger partial charge in [-0.25, -0.2) is 0 Å². The van der Waals surface area contributed by atoms with E-state index in [1.165, 1.54) is 6.07 Å². The van der Waals surface area contributed by atoms with Crippen molar-refractivity contribution in [3.05, 3.63) is 46.2 Å². The summed E-state index contributed by atoms with van der Waals surface area (Å²) >= 11 is 0. The Morgan fingerprint density at radius 1 is 1.23 bits per heavy atom. The van der Waals surface area contributed by atoms with E-state index in [4.69, 9.17) is 9.47 Å². The molecule has 0 radical (unpaired) electrons. The average molecular weight is 304 g/mol. The monoisotopic (exact) mass is 304 g/mol. The number of rotatable bonds is 7. The fourth-order valence-corrected chi connectivity index (χ4v) is 2.13. The second kappa shape index (κ2) is 7.72. The number of carbonyl (C=O) groups is 1. The highest BCUT2D eigenvalue weighted by Gasteiger charge is 2.13. The summed E-state index contributed by atoms with van der Waals surface area (Å²) in [4.78, 5) is 27.1. The number of aromatic nitrogens is 1. The minimum absolute atomic E-state index is 0.189. The molecule has 22 heavy (non-hydrogen) atoms. The van der Waals surface area contributed by atoms with Gasteiger partial charge in [-0.1, -0.05) is 12.1 Å². The molecule has 2 N–H and O–H groups in total. The topological polar surface area (TPSA) is 80.4 Å². The third-order valence-electron chi connectivity index (χ3n) is 3.12. The van der Waals surface area contributed by atoms with Crippen molar-refractivity contribution >= 4 is 16.8 Å². The molecule has 2 aromatic rings. The van der Waals surface area contributed by atoms with Crippen LogP contribution in [0.1, 0.15) is 24.3 Å². The van der Waals surface area contributed by atoms with E-state index >= 15 is 0 Å². The van der Waals surface area contributed by atoms with Gasteiger partial charge in [-0.05, 0) is 26.0 Å². The largest absolute Gasteiger partial charge is 0.351 e. The van der Waals surface area contributed by atoms with Crippen LogP contribution >= 0.6 is 0 Å². The zero-order chi connectivity index (χ0) is 15.9. The van der Waals surface area contributed by atoms with Gasteiger partial charge in [-0.15, -0.1) is 0 Å². The van der Waals surface area contributed by atoms with Gasteiger partial charge in [0.1, 0.15) is 5.69 Å². The third-order valence-corrected chi connectivity index (χ3v) is 3.12. The normalized spacial score (nSPS) is 11.0. The number of H-pyrrole nitrogens is 1. The first-order valence-electron chi connectivity index (χ1n) is 7.29. The van der Waals surface area contributed by atoms with Crippen molar-refractivity contribution in [2.45, 2.75) is 20.1 Å². The van der Waals surface area contributed by atoms with Gasteiger partial charge in [0.2, 0.25) is 0 Å². The Morgan fingerprint density at radius 3 is 2.59 bits per heavy atom. The molecule has 0 saturated heterocycles. The zero-order valence-electron chi connectivity index (χ0n) is 12.7. The number of fused-ring (bicyclic) bond motifs is 1. The van der Waals surface area contributed by atoms with Crippen LogP contribution in [0, 0.1) is 0 Å². The van der Waals surface area contributed by atoms with Crippen LogP contribution in [0.5, 0.6) is 0 Å². The van der Waals surface area contributed by atoms with Crippen molar-refractivity contribution in [2.24, 2.45) is 0 Å². The molecule has 1 amide bonds. The van der Waals surface area contributed by atoms with Crippen LogP contribution in [0.2, 0.25) is 0 Å². The van der Waals surface area contributed by atoms with Crippen molar-refractivity contribution in [2.75, 3.05) is 19.8 Å². The lowest BCUT2D eigenvalue weighted by atomic mass is 10.2. The first-order chi connectivity index (χ1) is 10.7. The summed E-state index contributed by atoms with van der Waals surface area (Å²) in [7, 11) is 0. The smallest absolute Gasteiger partial charge is 0.268 e. The molecule has 0 bridgehead atoms. The number of pyridine rings is 1. The van der Waals surface area contributed by atoms with E-state index in [-0.39, 0.29) is 23.6 Å². The maximum atomic E-state index is 12.2. The number of carbonyl (C=O) groups excluding carboxylic acids is 1. The fraction of sp³-hybridized carbons (Fsp3) is 0.375. The molecule has 6 nitrogen and oxygen atoms in total. The van der Waals surface area contributed by atoms with E-state index in [0.717, 1.165) is 0 Å². The van der Waals surface area contributed by atoms with Crippen molar-refractivity contribution in [1.82, 2.24) is 10.3 Å². The van der Waals surface area contributed by atoms with Gasteiger partial charge in [-0.2, -0.15) is 0 Å². The predicted octanol–water partition coefficient (Wildman–Crippen LogP) is 1.66. The van der Waals surface area contributed by atoms with Crippen molar-refractivity contribution in [3.8, 4) is 0 Å². The Balaban J connectivity index is 2.11. The summed E-state index contributed by atoms with van der Waals surface area (Å²) in [6, 6.07) is 8.37. The highest BCUT2D eigenvalue weighted by molar-refractivity contribution is 5.94. The van der Waals surface area contributed by atoms with Crippen LogP contribution in [-0.4, -0.2) is 36.9 Å². The molecule has 6 heteroatoms. The molecule has 0 aliphatic rings. The van der Waals surface area contributed by atoms with Crippen LogP contribution in [0.25, 0.3) is 10.9 Å². The molecule has 0 fully saturated rings. The van der Waals surface area contributed by atoms with Gasteiger partial charge in [0.15, 0.2) is 11.7 Å². The van der Waals surface area contributed by atoms with Crippen molar-refractivity contribution in [3.63, 3.8) is 0 Å². The second-order valence-corrected chi connectivity index (χ2v) is 4.64. The summed E-state index contributed by atoms with van der Waals surface area (Å²) in [5.41, 5.74) is 0.660. The Morgan fingerprint density at radius 2 is 1.91 bits per heavy atom. The molecule has 1 aromatic carbocycles. The summed E-state index contributed by atoms with van der Waals surface area (Å²) in [5, 5.41) is 3.26. The van der Waals surface area contributed by atoms with Crippen molar-refractivity contribution < 1.29 is 14.3 Å². The first-order valence-corrected chi connectivity index (χ1v) is 7.29. The van der Waals surface area contributed by atoms with Crippen LogP contribution < -0.4 is 10.7 Å². The molecular formula is C16H20N2O4. The number of aromatic amines is 1. The minimum atomic E-state index is -0.494. The number of hydrogen-bond acceptors (Lipinski definition) is 4. The standard InChI is InChI=1S/C16H20N2O4/c1-3-21-15(22-4-2)10-17-16(20)13-9-14(19)11-7-5-6-8-12(11)18-13/h5-9,15H,3-4,10H2,1-2H3,(H,17,20)(H,18,19). The van der Waals surface area contributed by atoms with Crippen molar-refractivity contribution in [1.29, 1.82) is 0 Å². The molecule has 0 saturated carbocycles. The molecule has 0 spiro atoms. The lowest BCUT2D eigenvalue weighted by Gasteiger charge is -2.17. The number of para-hydroxylation sites is 1. The van der Waals surface area contributed by atoms with Gasteiger partial charge >= 0.3 is 0 Å². The predicted molar refractivity (Wildman–Crippen MR) is 83.9 cm³/mol. The Kier molecular flexibility index (Phi) is 5.68. The van der Waals surface area contributed by atoms with Gasteiger partial charge in [-0.3, -0.25) is 9.59 Å². The molecule has 1 aromatic heterocycles. The molecular weight excluding hydrogens is 284 g/mol. The number of amides is 1. The van der Waals surface area contributed by atoms with E-state index in [0.29, 0.717) is 24.1 Å². The maximum absolute atomic E-state index is 12.2. The van der Waals surface area contributed by atoms with Crippen LogP contribution in [0.3, 0.4) is 0 Å². The maximum Gasteiger partial charge on any atom is 0.268 e. The van der Waals surface area contributed by atoms with E-state index in [9.17, 15) is 9.59 Å². The summed E-state index contributed by atoms with van der Waals surface area (Å²) < 4.78 is 10.7. The molecule has 118 valence electrons. The van der Waals surface area contributed by atoms with E-state index in [2.05, 4.69) is 10.3 Å². The van der Waals surface area contributed by atoms with Crippen LogP contribution in [-0.2, 0) is 9.47 Å². The summed E-state index contributed by atoms with van der Waals surface area (Å²) in [5.74, 6) is -0.368. The number of nitrogens with one attached hydrogen (secondary N) is 2. The Labute approximate surface area is 128 Å². The first kappa shape index (κ1) is 16.2. The zero-order valence-corrected chi connectivity index (χ0v) is 12.7. The third kappa shape index (κ3) is 3.93. The van der Waals surface area contributed by atoms with Gasteiger partial charge in [0.05, 0.1) is 6.54 Å². The molecule has 0 unspecified atom stereocenters.